The molecule has 2 heterocycles. The molecule has 0 atom stereocenters. The topological polar surface area (TPSA) is 28.7 Å². The molecule has 0 spiro atoms. The number of aryl methyl sites for hydroxylation is 1. The van der Waals surface area contributed by atoms with Gasteiger partial charge in [-0.25, -0.2) is 4.98 Å². The van der Waals surface area contributed by atoms with Crippen molar-refractivity contribution in [3.05, 3.63) is 65.9 Å². The first kappa shape index (κ1) is 12.9. The van der Waals surface area contributed by atoms with Gasteiger partial charge in [-0.3, -0.25) is 0 Å². The number of hydrogen-bond donors (Lipinski definition) is 1. The summed E-state index contributed by atoms with van der Waals surface area (Å²) in [5.74, 6) is 0. The van der Waals surface area contributed by atoms with E-state index in [-0.39, 0.29) is 0 Å². The fraction of sp³-hybridized carbons (Fsp3) is 0.190. The van der Waals surface area contributed by atoms with Gasteiger partial charge in [0.15, 0.2) is 0 Å². The minimum absolute atomic E-state index is 1.12. The van der Waals surface area contributed by atoms with Gasteiger partial charge in [0.05, 0.1) is 11.2 Å². The van der Waals surface area contributed by atoms with Crippen molar-refractivity contribution in [2.45, 2.75) is 25.7 Å². The summed E-state index contributed by atoms with van der Waals surface area (Å²) < 4.78 is 0. The summed E-state index contributed by atoms with van der Waals surface area (Å²) in [5.41, 5.74) is 7.73. The molecule has 2 aromatic carbocycles. The van der Waals surface area contributed by atoms with Crippen molar-refractivity contribution in [3.63, 3.8) is 0 Å². The van der Waals surface area contributed by atoms with Crippen molar-refractivity contribution in [2.75, 3.05) is 0 Å². The summed E-state index contributed by atoms with van der Waals surface area (Å²) >= 11 is 0. The fourth-order valence-electron chi connectivity index (χ4n) is 4.00. The van der Waals surface area contributed by atoms with Crippen LogP contribution < -0.4 is 0 Å². The zero-order chi connectivity index (χ0) is 15.2. The predicted molar refractivity (Wildman–Crippen MR) is 95.7 cm³/mol. The number of H-pyrrole nitrogens is 1. The number of pyridine rings is 1. The van der Waals surface area contributed by atoms with E-state index in [0.29, 0.717) is 0 Å². The first-order valence-electron chi connectivity index (χ1n) is 8.39. The van der Waals surface area contributed by atoms with Gasteiger partial charge in [0.1, 0.15) is 0 Å². The van der Waals surface area contributed by atoms with E-state index >= 15 is 0 Å². The molecular formula is C21H18N2. The van der Waals surface area contributed by atoms with Crippen LogP contribution in [0.15, 0.2) is 54.7 Å². The molecule has 0 unspecified atom stereocenters. The van der Waals surface area contributed by atoms with Crippen molar-refractivity contribution in [2.24, 2.45) is 0 Å². The van der Waals surface area contributed by atoms with Gasteiger partial charge in [-0.1, -0.05) is 30.3 Å². The van der Waals surface area contributed by atoms with E-state index in [9.17, 15) is 0 Å². The highest BCUT2D eigenvalue weighted by Gasteiger charge is 2.20. The molecule has 1 aliphatic rings. The summed E-state index contributed by atoms with van der Waals surface area (Å²) in [5, 5.41) is 2.67. The Kier molecular flexibility index (Phi) is 2.77. The Bertz CT molecular complexity index is 1010. The number of fused-ring (bicyclic) bond motifs is 5. The molecule has 5 rings (SSSR count). The predicted octanol–water partition coefficient (Wildman–Crippen LogP) is 5.26. The van der Waals surface area contributed by atoms with Gasteiger partial charge < -0.3 is 4.98 Å². The molecule has 2 aromatic heterocycles. The molecular weight excluding hydrogens is 280 g/mol. The summed E-state index contributed by atoms with van der Waals surface area (Å²) in [6, 6.07) is 17.1. The molecule has 0 bridgehead atoms. The second-order valence-electron chi connectivity index (χ2n) is 6.39. The highest BCUT2D eigenvalue weighted by atomic mass is 14.7. The monoisotopic (exact) mass is 298 g/mol. The highest BCUT2D eigenvalue weighted by molar-refractivity contribution is 6.08. The lowest BCUT2D eigenvalue weighted by atomic mass is 9.85. The number of benzene rings is 2. The van der Waals surface area contributed by atoms with Crippen LogP contribution >= 0.6 is 0 Å². The summed E-state index contributed by atoms with van der Waals surface area (Å²) in [6.45, 7) is 0. The van der Waals surface area contributed by atoms with Crippen LogP contribution in [0.3, 0.4) is 0 Å². The Balaban J connectivity index is 1.92. The van der Waals surface area contributed by atoms with Crippen molar-refractivity contribution >= 4 is 21.8 Å². The number of rotatable bonds is 1. The molecule has 0 saturated carbocycles. The van der Waals surface area contributed by atoms with Gasteiger partial charge in [0.2, 0.25) is 0 Å². The number of nitrogens with one attached hydrogen (secondary N) is 1. The Morgan fingerprint density at radius 1 is 0.826 bits per heavy atom. The van der Waals surface area contributed by atoms with Gasteiger partial charge in [0.25, 0.3) is 0 Å². The summed E-state index contributed by atoms with van der Waals surface area (Å²) in [6.07, 6.45) is 6.89. The first-order valence-corrected chi connectivity index (χ1v) is 8.39. The molecule has 0 amide bonds. The van der Waals surface area contributed by atoms with Gasteiger partial charge in [0, 0.05) is 28.0 Å². The van der Waals surface area contributed by atoms with Crippen molar-refractivity contribution in [1.82, 2.24) is 9.97 Å². The van der Waals surface area contributed by atoms with Crippen molar-refractivity contribution in [3.8, 4) is 11.3 Å². The molecule has 2 heteroatoms. The minimum Gasteiger partial charge on any atom is -0.361 e. The van der Waals surface area contributed by atoms with E-state index in [2.05, 4.69) is 53.5 Å². The number of aromatic amines is 1. The van der Waals surface area contributed by atoms with Crippen LogP contribution in [-0.4, -0.2) is 9.97 Å². The molecule has 1 aliphatic carbocycles. The van der Waals surface area contributed by atoms with Gasteiger partial charge in [-0.05, 0) is 55.0 Å². The lowest BCUT2D eigenvalue weighted by molar-refractivity contribution is 0.689. The smallest absolute Gasteiger partial charge is 0.0744 e. The molecule has 0 aliphatic heterocycles. The van der Waals surface area contributed by atoms with Crippen molar-refractivity contribution < 1.29 is 0 Å². The van der Waals surface area contributed by atoms with Crippen LogP contribution in [0.1, 0.15) is 24.0 Å². The first-order chi connectivity index (χ1) is 11.4. The lowest BCUT2D eigenvalue weighted by Crippen LogP contribution is -2.07. The maximum absolute atomic E-state index is 5.07. The second-order valence-corrected chi connectivity index (χ2v) is 6.39. The van der Waals surface area contributed by atoms with E-state index in [4.69, 9.17) is 4.98 Å². The van der Waals surface area contributed by atoms with E-state index in [1.165, 1.54) is 57.9 Å². The third-order valence-corrected chi connectivity index (χ3v) is 5.05. The second kappa shape index (κ2) is 4.95. The third kappa shape index (κ3) is 1.91. The average molecular weight is 298 g/mol. The molecule has 0 saturated heterocycles. The standard InChI is InChI=1S/C21H18N2/c1-2-6-14(7-3-1)21-16-9-5-4-8-15(16)20-17-12-13-22-18(17)10-11-19(20)23-21/h1-3,6-7,10-13,22H,4-5,8-9H2. The van der Waals surface area contributed by atoms with Crippen LogP contribution in [0.2, 0.25) is 0 Å². The molecule has 0 fully saturated rings. The van der Waals surface area contributed by atoms with E-state index < -0.39 is 0 Å². The zero-order valence-corrected chi connectivity index (χ0v) is 13.0. The lowest BCUT2D eigenvalue weighted by Gasteiger charge is -2.21. The largest absolute Gasteiger partial charge is 0.361 e. The van der Waals surface area contributed by atoms with Crippen LogP contribution in [0.4, 0.5) is 0 Å². The Hall–Kier alpha value is -2.61. The van der Waals surface area contributed by atoms with Gasteiger partial charge in [-0.2, -0.15) is 0 Å². The number of hydrogen-bond acceptors (Lipinski definition) is 1. The number of nitrogens with zero attached hydrogens (tertiary/aromatic N) is 1. The number of aromatic nitrogens is 2. The SMILES string of the molecule is c1ccc(-c2nc3ccc4[nH]ccc4c3c3c2CCCC3)cc1. The Labute approximate surface area is 135 Å². The molecule has 23 heavy (non-hydrogen) atoms. The zero-order valence-electron chi connectivity index (χ0n) is 13.0. The maximum atomic E-state index is 5.07. The average Bonchev–Trinajstić information content (AvgIpc) is 3.10. The van der Waals surface area contributed by atoms with Gasteiger partial charge in [-0.15, -0.1) is 0 Å². The molecule has 112 valence electrons. The summed E-state index contributed by atoms with van der Waals surface area (Å²) in [7, 11) is 0. The van der Waals surface area contributed by atoms with Gasteiger partial charge >= 0.3 is 0 Å². The Morgan fingerprint density at radius 3 is 2.52 bits per heavy atom. The third-order valence-electron chi connectivity index (χ3n) is 5.05. The molecule has 0 radical (unpaired) electrons. The summed E-state index contributed by atoms with van der Waals surface area (Å²) in [4.78, 5) is 8.41. The van der Waals surface area contributed by atoms with E-state index in [0.717, 1.165) is 11.9 Å². The van der Waals surface area contributed by atoms with Crippen molar-refractivity contribution in [1.29, 1.82) is 0 Å². The van der Waals surface area contributed by atoms with Crippen LogP contribution in [0.5, 0.6) is 0 Å². The molecule has 2 nitrogen and oxygen atoms in total. The Morgan fingerprint density at radius 2 is 1.65 bits per heavy atom. The molecule has 1 N–H and O–H groups in total. The normalized spacial score (nSPS) is 14.3. The fourth-order valence-corrected chi connectivity index (χ4v) is 4.00. The van der Waals surface area contributed by atoms with Crippen LogP contribution in [0, 0.1) is 0 Å². The maximum Gasteiger partial charge on any atom is 0.0744 e. The minimum atomic E-state index is 1.12. The van der Waals surface area contributed by atoms with E-state index in [1.807, 2.05) is 6.20 Å². The highest BCUT2D eigenvalue weighted by Crippen LogP contribution is 2.37. The van der Waals surface area contributed by atoms with E-state index in [1.54, 1.807) is 0 Å². The molecule has 4 aromatic rings. The quantitative estimate of drug-likeness (QED) is 0.510. The van der Waals surface area contributed by atoms with Crippen LogP contribution in [-0.2, 0) is 12.8 Å². The van der Waals surface area contributed by atoms with Crippen LogP contribution in [0.25, 0.3) is 33.1 Å².